The third-order valence-electron chi connectivity index (χ3n) is 4.16. The molecule has 0 aromatic heterocycles. The van der Waals surface area contributed by atoms with Gasteiger partial charge in [-0.3, -0.25) is 0 Å². The highest BCUT2D eigenvalue weighted by Gasteiger charge is 2.17. The van der Waals surface area contributed by atoms with Crippen LogP contribution in [0.4, 0.5) is 5.69 Å². The van der Waals surface area contributed by atoms with Gasteiger partial charge in [0.05, 0.1) is 0 Å². The van der Waals surface area contributed by atoms with E-state index in [0.717, 1.165) is 19.6 Å². The van der Waals surface area contributed by atoms with Crippen LogP contribution in [0.2, 0.25) is 0 Å². The average Bonchev–Trinajstić information content (AvgIpc) is 2.69. The maximum Gasteiger partial charge on any atom is 0.0415 e. The predicted octanol–water partition coefficient (Wildman–Crippen LogP) is 2.89. The third kappa shape index (κ3) is 3.97. The summed E-state index contributed by atoms with van der Waals surface area (Å²) in [6.45, 7) is 10.2. The van der Waals surface area contributed by atoms with Gasteiger partial charge >= 0.3 is 0 Å². The zero-order valence-corrected chi connectivity index (χ0v) is 13.2. The van der Waals surface area contributed by atoms with Gasteiger partial charge in [0.25, 0.3) is 0 Å². The molecule has 112 valence electrons. The minimum atomic E-state index is 0.423. The van der Waals surface area contributed by atoms with Crippen LogP contribution < -0.4 is 10.2 Å². The molecule has 1 saturated heterocycles. The molecule has 0 spiro atoms. The summed E-state index contributed by atoms with van der Waals surface area (Å²) in [6, 6.07) is 9.31. The van der Waals surface area contributed by atoms with Crippen LogP contribution in [0.25, 0.3) is 0 Å². The van der Waals surface area contributed by atoms with Crippen LogP contribution in [0.3, 0.4) is 0 Å². The van der Waals surface area contributed by atoms with E-state index in [1.807, 2.05) is 0 Å². The average molecular weight is 275 g/mol. The molecule has 1 fully saturated rings. The van der Waals surface area contributed by atoms with Gasteiger partial charge in [-0.15, -0.1) is 0 Å². The van der Waals surface area contributed by atoms with E-state index in [1.165, 1.54) is 37.2 Å². The normalized spacial score (nSPS) is 18.9. The predicted molar refractivity (Wildman–Crippen MR) is 87.5 cm³/mol. The summed E-state index contributed by atoms with van der Waals surface area (Å²) < 4.78 is 0. The molecule has 0 saturated carbocycles. The molecule has 2 rings (SSSR count). The monoisotopic (exact) mass is 275 g/mol. The molecule has 1 heterocycles. The van der Waals surface area contributed by atoms with Crippen molar-refractivity contribution in [1.82, 2.24) is 10.2 Å². The van der Waals surface area contributed by atoms with Gasteiger partial charge < -0.3 is 15.1 Å². The van der Waals surface area contributed by atoms with Crippen molar-refractivity contribution in [2.75, 3.05) is 44.7 Å². The van der Waals surface area contributed by atoms with Gasteiger partial charge in [0.15, 0.2) is 0 Å². The number of hydrogen-bond donors (Lipinski definition) is 1. The Bertz CT molecular complexity index is 405. The number of nitrogens with one attached hydrogen (secondary N) is 1. The van der Waals surface area contributed by atoms with E-state index in [0.29, 0.717) is 6.04 Å². The molecular formula is C17H29N3. The van der Waals surface area contributed by atoms with Gasteiger partial charge in [-0.1, -0.05) is 25.1 Å². The van der Waals surface area contributed by atoms with Gasteiger partial charge in [0.1, 0.15) is 0 Å². The number of likely N-dealkylation sites (N-methyl/N-ethyl adjacent to an activating group) is 1. The Morgan fingerprint density at radius 3 is 2.75 bits per heavy atom. The molecule has 20 heavy (non-hydrogen) atoms. The van der Waals surface area contributed by atoms with Crippen LogP contribution in [0.15, 0.2) is 24.3 Å². The Kier molecular flexibility index (Phi) is 5.86. The van der Waals surface area contributed by atoms with Gasteiger partial charge in [0.2, 0.25) is 0 Å². The first-order valence-corrected chi connectivity index (χ1v) is 7.98. The summed E-state index contributed by atoms with van der Waals surface area (Å²) in [4.78, 5) is 4.99. The second-order valence-electron chi connectivity index (χ2n) is 5.88. The van der Waals surface area contributed by atoms with Crippen LogP contribution in [0.1, 0.15) is 38.3 Å². The number of benzene rings is 1. The first-order valence-electron chi connectivity index (χ1n) is 7.98. The van der Waals surface area contributed by atoms with E-state index in [4.69, 9.17) is 0 Å². The highest BCUT2D eigenvalue weighted by atomic mass is 15.2. The number of nitrogens with zero attached hydrogens (tertiary/aromatic N) is 2. The van der Waals surface area contributed by atoms with E-state index in [-0.39, 0.29) is 0 Å². The number of anilines is 1. The van der Waals surface area contributed by atoms with E-state index in [2.05, 4.69) is 60.3 Å². The second kappa shape index (κ2) is 7.65. The van der Waals surface area contributed by atoms with Gasteiger partial charge in [-0.05, 0) is 51.5 Å². The van der Waals surface area contributed by atoms with Gasteiger partial charge in [-0.2, -0.15) is 0 Å². The fourth-order valence-corrected chi connectivity index (χ4v) is 2.90. The van der Waals surface area contributed by atoms with Gasteiger partial charge in [-0.25, -0.2) is 0 Å². The lowest BCUT2D eigenvalue weighted by atomic mass is 10.0. The van der Waals surface area contributed by atoms with Crippen LogP contribution in [-0.2, 0) is 0 Å². The quantitative estimate of drug-likeness (QED) is 0.891. The van der Waals surface area contributed by atoms with Crippen molar-refractivity contribution in [3.8, 4) is 0 Å². The molecule has 0 aliphatic carbocycles. The lowest BCUT2D eigenvalue weighted by Crippen LogP contribution is -2.30. The van der Waals surface area contributed by atoms with Crippen molar-refractivity contribution in [3.05, 3.63) is 29.8 Å². The molecule has 0 amide bonds. The van der Waals surface area contributed by atoms with Crippen LogP contribution in [-0.4, -0.2) is 44.7 Å². The molecule has 1 unspecified atom stereocenters. The largest absolute Gasteiger partial charge is 0.370 e. The SMILES string of the molecule is CCCNC(C)c1ccccc1N1CCCN(C)CC1. The summed E-state index contributed by atoms with van der Waals surface area (Å²) in [5.74, 6) is 0. The first-order chi connectivity index (χ1) is 9.72. The molecule has 3 heteroatoms. The Labute approximate surface area is 124 Å². The number of rotatable bonds is 5. The molecule has 1 aliphatic rings. The van der Waals surface area contributed by atoms with Crippen molar-refractivity contribution < 1.29 is 0 Å². The van der Waals surface area contributed by atoms with Crippen molar-refractivity contribution in [1.29, 1.82) is 0 Å². The molecule has 1 aliphatic heterocycles. The van der Waals surface area contributed by atoms with E-state index in [9.17, 15) is 0 Å². The molecule has 1 aromatic carbocycles. The Hall–Kier alpha value is -1.06. The Morgan fingerprint density at radius 1 is 1.15 bits per heavy atom. The zero-order valence-electron chi connectivity index (χ0n) is 13.2. The van der Waals surface area contributed by atoms with E-state index < -0.39 is 0 Å². The molecule has 3 nitrogen and oxygen atoms in total. The fraction of sp³-hybridized carbons (Fsp3) is 0.647. The van der Waals surface area contributed by atoms with Crippen molar-refractivity contribution in [2.45, 2.75) is 32.7 Å². The molecular weight excluding hydrogens is 246 g/mol. The molecule has 0 radical (unpaired) electrons. The van der Waals surface area contributed by atoms with Crippen molar-refractivity contribution in [2.24, 2.45) is 0 Å². The van der Waals surface area contributed by atoms with Crippen LogP contribution in [0, 0.1) is 0 Å². The summed E-state index contributed by atoms with van der Waals surface area (Å²) in [5, 5.41) is 3.62. The summed E-state index contributed by atoms with van der Waals surface area (Å²) in [6.07, 6.45) is 2.43. The number of para-hydroxylation sites is 1. The highest BCUT2D eigenvalue weighted by Crippen LogP contribution is 2.27. The lowest BCUT2D eigenvalue weighted by molar-refractivity contribution is 0.360. The Morgan fingerprint density at radius 2 is 1.95 bits per heavy atom. The standard InChI is InChI=1S/C17H29N3/c1-4-10-18-15(2)16-8-5-6-9-17(16)20-12-7-11-19(3)13-14-20/h5-6,8-9,15,18H,4,7,10-14H2,1-3H3. The maximum absolute atomic E-state index is 3.62. The summed E-state index contributed by atoms with van der Waals surface area (Å²) >= 11 is 0. The zero-order chi connectivity index (χ0) is 14.4. The summed E-state index contributed by atoms with van der Waals surface area (Å²) in [7, 11) is 2.22. The third-order valence-corrected chi connectivity index (χ3v) is 4.16. The fourth-order valence-electron chi connectivity index (χ4n) is 2.90. The Balaban J connectivity index is 2.14. The highest BCUT2D eigenvalue weighted by molar-refractivity contribution is 5.55. The molecule has 1 atom stereocenters. The molecule has 1 aromatic rings. The minimum Gasteiger partial charge on any atom is -0.370 e. The van der Waals surface area contributed by atoms with E-state index >= 15 is 0 Å². The van der Waals surface area contributed by atoms with Crippen molar-refractivity contribution in [3.63, 3.8) is 0 Å². The van der Waals surface area contributed by atoms with Crippen molar-refractivity contribution >= 4 is 5.69 Å². The van der Waals surface area contributed by atoms with Crippen LogP contribution in [0.5, 0.6) is 0 Å². The smallest absolute Gasteiger partial charge is 0.0415 e. The topological polar surface area (TPSA) is 18.5 Å². The van der Waals surface area contributed by atoms with Gasteiger partial charge in [0, 0.05) is 31.4 Å². The summed E-state index contributed by atoms with van der Waals surface area (Å²) in [5.41, 5.74) is 2.85. The second-order valence-corrected chi connectivity index (χ2v) is 5.88. The lowest BCUT2D eigenvalue weighted by Gasteiger charge is -2.28. The van der Waals surface area contributed by atoms with E-state index in [1.54, 1.807) is 0 Å². The first kappa shape index (κ1) is 15.3. The molecule has 0 bridgehead atoms. The molecule has 1 N–H and O–H groups in total. The maximum atomic E-state index is 3.62. The minimum absolute atomic E-state index is 0.423. The number of hydrogen-bond acceptors (Lipinski definition) is 3. The van der Waals surface area contributed by atoms with Crippen LogP contribution >= 0.6 is 0 Å².